The molecule has 2 aromatic carbocycles. The highest BCUT2D eigenvalue weighted by atomic mass is 35.5. The number of nitrogens with zero attached hydrogens (tertiary/aromatic N) is 3. The van der Waals surface area contributed by atoms with Crippen LogP contribution in [-0.4, -0.2) is 40.1 Å². The molecule has 1 saturated heterocycles. The fourth-order valence-electron chi connectivity index (χ4n) is 3.68. The second-order valence-corrected chi connectivity index (χ2v) is 7.56. The van der Waals surface area contributed by atoms with Gasteiger partial charge in [-0.15, -0.1) is 0 Å². The Hall–Kier alpha value is -2.70. The molecule has 1 aliphatic rings. The molecule has 3 aromatic rings. The standard InChI is InChI=1S/C21H21ClN4O2/c1-13-9-14(11-23)12-26(13)21(27)18-8-3-2-7-17(18)20-24-19(25-28-20)15-5-4-6-16(22)10-15/h2-8,10,13-14H,9,11-12,23H2,1H3. The number of nitrogens with two attached hydrogens (primary N) is 1. The Labute approximate surface area is 168 Å². The van der Waals surface area contributed by atoms with Crippen LogP contribution < -0.4 is 5.73 Å². The molecule has 6 nitrogen and oxygen atoms in total. The van der Waals surface area contributed by atoms with Crippen molar-refractivity contribution < 1.29 is 9.32 Å². The van der Waals surface area contributed by atoms with Crippen LogP contribution in [0.3, 0.4) is 0 Å². The van der Waals surface area contributed by atoms with Crippen molar-refractivity contribution in [1.82, 2.24) is 15.0 Å². The van der Waals surface area contributed by atoms with Crippen molar-refractivity contribution in [2.45, 2.75) is 19.4 Å². The number of hydrogen-bond acceptors (Lipinski definition) is 5. The van der Waals surface area contributed by atoms with Crippen LogP contribution in [-0.2, 0) is 0 Å². The maximum absolute atomic E-state index is 13.2. The van der Waals surface area contributed by atoms with Gasteiger partial charge in [0.1, 0.15) is 0 Å². The van der Waals surface area contributed by atoms with Gasteiger partial charge in [0.25, 0.3) is 11.8 Å². The van der Waals surface area contributed by atoms with E-state index < -0.39 is 0 Å². The number of carbonyl (C=O) groups excluding carboxylic acids is 1. The monoisotopic (exact) mass is 396 g/mol. The van der Waals surface area contributed by atoms with Gasteiger partial charge in [-0.25, -0.2) is 0 Å². The lowest BCUT2D eigenvalue weighted by Crippen LogP contribution is -2.34. The average Bonchev–Trinajstić information content (AvgIpc) is 3.34. The van der Waals surface area contributed by atoms with Crippen molar-refractivity contribution in [3.8, 4) is 22.8 Å². The third-order valence-corrected chi connectivity index (χ3v) is 5.39. The Morgan fingerprint density at radius 2 is 2.11 bits per heavy atom. The summed E-state index contributed by atoms with van der Waals surface area (Å²) >= 11 is 6.05. The van der Waals surface area contributed by atoms with Crippen molar-refractivity contribution in [2.75, 3.05) is 13.1 Å². The van der Waals surface area contributed by atoms with E-state index in [2.05, 4.69) is 17.1 Å². The van der Waals surface area contributed by atoms with Gasteiger partial charge in [-0.05, 0) is 50.1 Å². The highest BCUT2D eigenvalue weighted by Gasteiger charge is 2.33. The predicted molar refractivity (Wildman–Crippen MR) is 108 cm³/mol. The van der Waals surface area contributed by atoms with Crippen LogP contribution in [0.25, 0.3) is 22.8 Å². The van der Waals surface area contributed by atoms with E-state index in [0.29, 0.717) is 46.9 Å². The summed E-state index contributed by atoms with van der Waals surface area (Å²) in [6.07, 6.45) is 0.921. The van der Waals surface area contributed by atoms with E-state index in [1.165, 1.54) is 0 Å². The lowest BCUT2D eigenvalue weighted by molar-refractivity contribution is 0.0744. The van der Waals surface area contributed by atoms with E-state index >= 15 is 0 Å². The van der Waals surface area contributed by atoms with Gasteiger partial charge in [-0.3, -0.25) is 4.79 Å². The molecule has 0 bridgehead atoms. The Bertz CT molecular complexity index is 1000. The predicted octanol–water partition coefficient (Wildman–Crippen LogP) is 3.87. The molecule has 4 rings (SSSR count). The van der Waals surface area contributed by atoms with Gasteiger partial charge in [0.2, 0.25) is 5.82 Å². The number of amides is 1. The summed E-state index contributed by atoms with van der Waals surface area (Å²) in [7, 11) is 0. The first-order chi connectivity index (χ1) is 13.6. The van der Waals surface area contributed by atoms with Gasteiger partial charge in [0.15, 0.2) is 0 Å². The second-order valence-electron chi connectivity index (χ2n) is 7.12. The summed E-state index contributed by atoms with van der Waals surface area (Å²) in [5.74, 6) is 1.03. The summed E-state index contributed by atoms with van der Waals surface area (Å²) in [6, 6.07) is 14.7. The Balaban J connectivity index is 1.66. The van der Waals surface area contributed by atoms with Crippen molar-refractivity contribution in [3.05, 3.63) is 59.1 Å². The van der Waals surface area contributed by atoms with Crippen molar-refractivity contribution in [3.63, 3.8) is 0 Å². The van der Waals surface area contributed by atoms with Crippen LogP contribution in [0.2, 0.25) is 5.02 Å². The number of rotatable bonds is 4. The molecule has 1 amide bonds. The minimum absolute atomic E-state index is 0.0402. The van der Waals surface area contributed by atoms with Crippen LogP contribution in [0.4, 0.5) is 0 Å². The topological polar surface area (TPSA) is 85.2 Å². The number of likely N-dealkylation sites (tertiary alicyclic amines) is 1. The fraction of sp³-hybridized carbons (Fsp3) is 0.286. The summed E-state index contributed by atoms with van der Waals surface area (Å²) in [4.78, 5) is 19.6. The van der Waals surface area contributed by atoms with Crippen molar-refractivity contribution >= 4 is 17.5 Å². The van der Waals surface area contributed by atoms with Crippen molar-refractivity contribution in [1.29, 1.82) is 0 Å². The highest BCUT2D eigenvalue weighted by molar-refractivity contribution is 6.30. The number of hydrogen-bond donors (Lipinski definition) is 1. The molecule has 28 heavy (non-hydrogen) atoms. The summed E-state index contributed by atoms with van der Waals surface area (Å²) in [6.45, 7) is 3.31. The first kappa shape index (κ1) is 18.7. The maximum atomic E-state index is 13.2. The second kappa shape index (κ2) is 7.73. The lowest BCUT2D eigenvalue weighted by Gasteiger charge is -2.22. The first-order valence-corrected chi connectivity index (χ1v) is 9.64. The molecular weight excluding hydrogens is 376 g/mol. The summed E-state index contributed by atoms with van der Waals surface area (Å²) in [5, 5.41) is 4.65. The quantitative estimate of drug-likeness (QED) is 0.723. The third kappa shape index (κ3) is 3.53. The molecule has 0 saturated carbocycles. The maximum Gasteiger partial charge on any atom is 0.259 e. The molecule has 0 spiro atoms. The van der Waals surface area contributed by atoms with Gasteiger partial charge in [0.05, 0.1) is 11.1 Å². The molecule has 2 unspecified atom stereocenters. The Morgan fingerprint density at radius 3 is 2.86 bits per heavy atom. The zero-order valence-electron chi connectivity index (χ0n) is 15.5. The van der Waals surface area contributed by atoms with E-state index in [-0.39, 0.29) is 11.9 Å². The van der Waals surface area contributed by atoms with Gasteiger partial charge in [0, 0.05) is 23.2 Å². The lowest BCUT2D eigenvalue weighted by atomic mass is 10.1. The van der Waals surface area contributed by atoms with Crippen molar-refractivity contribution in [2.24, 2.45) is 11.7 Å². The molecule has 1 fully saturated rings. The van der Waals surface area contributed by atoms with Gasteiger partial charge in [-0.1, -0.05) is 41.0 Å². The SMILES string of the molecule is CC1CC(CN)CN1C(=O)c1ccccc1-c1nc(-c2cccc(Cl)c2)no1. The molecule has 2 N–H and O–H groups in total. The molecule has 7 heteroatoms. The molecule has 2 atom stereocenters. The normalized spacial score (nSPS) is 19.2. The van der Waals surface area contributed by atoms with Gasteiger partial charge >= 0.3 is 0 Å². The van der Waals surface area contributed by atoms with Gasteiger partial charge < -0.3 is 15.2 Å². The number of halogens is 1. The van der Waals surface area contributed by atoms with Crippen LogP contribution >= 0.6 is 11.6 Å². The van der Waals surface area contributed by atoms with Crippen LogP contribution in [0.15, 0.2) is 53.1 Å². The summed E-state index contributed by atoms with van der Waals surface area (Å²) in [5.41, 5.74) is 7.73. The van der Waals surface area contributed by atoms with Crippen LogP contribution in [0, 0.1) is 5.92 Å². The molecule has 0 aliphatic carbocycles. The smallest absolute Gasteiger partial charge is 0.259 e. The van der Waals surface area contributed by atoms with Gasteiger partial charge in [-0.2, -0.15) is 4.98 Å². The number of benzene rings is 2. The zero-order chi connectivity index (χ0) is 19.7. The minimum atomic E-state index is -0.0402. The molecule has 144 valence electrons. The van der Waals surface area contributed by atoms with Crippen LogP contribution in [0.1, 0.15) is 23.7 Å². The van der Waals surface area contributed by atoms with E-state index in [1.54, 1.807) is 18.2 Å². The third-order valence-electron chi connectivity index (χ3n) is 5.15. The highest BCUT2D eigenvalue weighted by Crippen LogP contribution is 2.30. The molecule has 1 aliphatic heterocycles. The summed E-state index contributed by atoms with van der Waals surface area (Å²) < 4.78 is 5.47. The molecular formula is C21H21ClN4O2. The number of aromatic nitrogens is 2. The zero-order valence-corrected chi connectivity index (χ0v) is 16.3. The van der Waals surface area contributed by atoms with E-state index in [4.69, 9.17) is 21.9 Å². The number of carbonyl (C=O) groups is 1. The minimum Gasteiger partial charge on any atom is -0.336 e. The Kier molecular flexibility index (Phi) is 5.15. The van der Waals surface area contributed by atoms with E-state index in [9.17, 15) is 4.79 Å². The fourth-order valence-corrected chi connectivity index (χ4v) is 3.87. The first-order valence-electron chi connectivity index (χ1n) is 9.27. The molecule has 2 heterocycles. The molecule has 1 aromatic heterocycles. The average molecular weight is 397 g/mol. The largest absolute Gasteiger partial charge is 0.336 e. The Morgan fingerprint density at radius 1 is 1.29 bits per heavy atom. The van der Waals surface area contributed by atoms with Crippen LogP contribution in [0.5, 0.6) is 0 Å². The van der Waals surface area contributed by atoms with E-state index in [1.807, 2.05) is 35.2 Å². The van der Waals surface area contributed by atoms with E-state index in [0.717, 1.165) is 12.0 Å². The molecule has 0 radical (unpaired) electrons.